The molecule has 30 heavy (non-hydrogen) atoms. The maximum Gasteiger partial charge on any atom is 0.239 e. The monoisotopic (exact) mass is 414 g/mol. The Hall–Kier alpha value is -2.28. The SMILES string of the molecule is CCNC(=NCCCN1CCCC1C(=O)N(C)C)N1CCN(c2ccccc2)CC1. The number of benzene rings is 1. The molecular formula is C23H38N6O. The molecule has 166 valence electrons. The van der Waals surface area contributed by atoms with Gasteiger partial charge in [-0.1, -0.05) is 18.2 Å². The van der Waals surface area contributed by atoms with Crippen LogP contribution >= 0.6 is 0 Å². The highest BCUT2D eigenvalue weighted by molar-refractivity contribution is 5.81. The molecule has 7 nitrogen and oxygen atoms in total. The number of amides is 1. The fourth-order valence-corrected chi connectivity index (χ4v) is 4.37. The normalized spacial score (nSPS) is 20.5. The Morgan fingerprint density at radius 1 is 1.13 bits per heavy atom. The third-order valence-electron chi connectivity index (χ3n) is 5.99. The molecule has 0 spiro atoms. The quantitative estimate of drug-likeness (QED) is 0.418. The Bertz CT molecular complexity index is 684. The van der Waals surface area contributed by atoms with Crippen LogP contribution in [0.2, 0.25) is 0 Å². The van der Waals surface area contributed by atoms with Crippen molar-refractivity contribution in [2.24, 2.45) is 4.99 Å². The van der Waals surface area contributed by atoms with Gasteiger partial charge in [0.1, 0.15) is 0 Å². The molecule has 1 N–H and O–H groups in total. The average molecular weight is 415 g/mol. The van der Waals surface area contributed by atoms with Crippen molar-refractivity contribution in [2.45, 2.75) is 32.2 Å². The lowest BCUT2D eigenvalue weighted by Crippen LogP contribution is -2.52. The van der Waals surface area contributed by atoms with Crippen molar-refractivity contribution < 1.29 is 4.79 Å². The third-order valence-corrected chi connectivity index (χ3v) is 5.99. The van der Waals surface area contributed by atoms with Gasteiger partial charge in [-0.3, -0.25) is 14.7 Å². The summed E-state index contributed by atoms with van der Waals surface area (Å²) in [5.41, 5.74) is 1.30. The van der Waals surface area contributed by atoms with E-state index in [0.29, 0.717) is 0 Å². The number of hydrogen-bond acceptors (Lipinski definition) is 4. The van der Waals surface area contributed by atoms with Crippen molar-refractivity contribution in [2.75, 3.05) is 71.4 Å². The number of likely N-dealkylation sites (N-methyl/N-ethyl adjacent to an activating group) is 1. The second kappa shape index (κ2) is 11.2. The van der Waals surface area contributed by atoms with Gasteiger partial charge in [-0.15, -0.1) is 0 Å². The topological polar surface area (TPSA) is 54.4 Å². The molecule has 2 aliphatic heterocycles. The first-order valence-electron chi connectivity index (χ1n) is 11.4. The molecule has 0 aromatic heterocycles. The largest absolute Gasteiger partial charge is 0.368 e. The summed E-state index contributed by atoms with van der Waals surface area (Å²) in [6, 6.07) is 10.7. The number of guanidine groups is 1. The van der Waals surface area contributed by atoms with Gasteiger partial charge in [0.05, 0.1) is 6.04 Å². The summed E-state index contributed by atoms with van der Waals surface area (Å²) in [7, 11) is 3.70. The molecule has 0 bridgehead atoms. The molecule has 3 rings (SSSR count). The van der Waals surface area contributed by atoms with Crippen LogP contribution in [0.15, 0.2) is 35.3 Å². The molecule has 0 saturated carbocycles. The lowest BCUT2D eigenvalue weighted by molar-refractivity contribution is -0.133. The molecular weight excluding hydrogens is 376 g/mol. The Kier molecular flexibility index (Phi) is 8.37. The lowest BCUT2D eigenvalue weighted by Gasteiger charge is -2.37. The first-order valence-corrected chi connectivity index (χ1v) is 11.4. The van der Waals surface area contributed by atoms with E-state index in [1.807, 2.05) is 14.1 Å². The van der Waals surface area contributed by atoms with Crippen LogP contribution < -0.4 is 10.2 Å². The summed E-state index contributed by atoms with van der Waals surface area (Å²) in [5, 5.41) is 3.46. The van der Waals surface area contributed by atoms with Gasteiger partial charge in [-0.2, -0.15) is 0 Å². The van der Waals surface area contributed by atoms with E-state index >= 15 is 0 Å². The number of piperazine rings is 1. The average Bonchev–Trinajstić information content (AvgIpc) is 3.24. The third kappa shape index (κ3) is 5.88. The van der Waals surface area contributed by atoms with Gasteiger partial charge in [0.2, 0.25) is 5.91 Å². The highest BCUT2D eigenvalue weighted by atomic mass is 16.2. The zero-order chi connectivity index (χ0) is 21.3. The van der Waals surface area contributed by atoms with Crippen LogP contribution in [0.5, 0.6) is 0 Å². The number of aliphatic imine (C=N–C) groups is 1. The van der Waals surface area contributed by atoms with Gasteiger partial charge >= 0.3 is 0 Å². The highest BCUT2D eigenvalue weighted by Gasteiger charge is 2.31. The predicted octanol–water partition coefficient (Wildman–Crippen LogP) is 1.72. The Labute approximate surface area is 181 Å². The second-order valence-corrected chi connectivity index (χ2v) is 8.33. The number of nitrogens with zero attached hydrogens (tertiary/aromatic N) is 5. The lowest BCUT2D eigenvalue weighted by atomic mass is 10.2. The van der Waals surface area contributed by atoms with Crippen LogP contribution in [0.3, 0.4) is 0 Å². The van der Waals surface area contributed by atoms with Crippen molar-refractivity contribution in [3.8, 4) is 0 Å². The molecule has 1 aromatic rings. The number of anilines is 1. The van der Waals surface area contributed by atoms with Crippen LogP contribution in [0.1, 0.15) is 26.2 Å². The number of rotatable bonds is 7. The van der Waals surface area contributed by atoms with Crippen LogP contribution in [-0.4, -0.2) is 99.1 Å². The summed E-state index contributed by atoms with van der Waals surface area (Å²) >= 11 is 0. The number of carbonyl (C=O) groups is 1. The van der Waals surface area contributed by atoms with Crippen molar-refractivity contribution in [1.82, 2.24) is 20.0 Å². The van der Waals surface area contributed by atoms with Gasteiger partial charge in [0.25, 0.3) is 0 Å². The van der Waals surface area contributed by atoms with Crippen LogP contribution in [-0.2, 0) is 4.79 Å². The molecule has 2 saturated heterocycles. The van der Waals surface area contributed by atoms with E-state index < -0.39 is 0 Å². The molecule has 2 fully saturated rings. The minimum absolute atomic E-state index is 0.0586. The minimum atomic E-state index is 0.0586. The maximum atomic E-state index is 12.4. The van der Waals surface area contributed by atoms with Gasteiger partial charge in [0.15, 0.2) is 5.96 Å². The summed E-state index contributed by atoms with van der Waals surface area (Å²) < 4.78 is 0. The van der Waals surface area contributed by atoms with E-state index in [-0.39, 0.29) is 11.9 Å². The van der Waals surface area contributed by atoms with E-state index in [9.17, 15) is 4.79 Å². The number of nitrogens with one attached hydrogen (secondary N) is 1. The molecule has 2 aliphatic rings. The maximum absolute atomic E-state index is 12.4. The summed E-state index contributed by atoms with van der Waals surface area (Å²) in [4.78, 5) is 26.1. The molecule has 7 heteroatoms. The van der Waals surface area contributed by atoms with Crippen LogP contribution in [0.25, 0.3) is 0 Å². The Balaban J connectivity index is 1.47. The summed E-state index contributed by atoms with van der Waals surface area (Å²) in [6.45, 7) is 9.73. The van der Waals surface area contributed by atoms with E-state index in [4.69, 9.17) is 4.99 Å². The zero-order valence-electron chi connectivity index (χ0n) is 18.9. The van der Waals surface area contributed by atoms with Crippen molar-refractivity contribution in [3.63, 3.8) is 0 Å². The molecule has 1 amide bonds. The van der Waals surface area contributed by atoms with Crippen LogP contribution in [0.4, 0.5) is 5.69 Å². The summed E-state index contributed by atoms with van der Waals surface area (Å²) in [6.07, 6.45) is 3.08. The van der Waals surface area contributed by atoms with E-state index in [0.717, 1.165) is 77.6 Å². The van der Waals surface area contributed by atoms with Crippen molar-refractivity contribution >= 4 is 17.6 Å². The van der Waals surface area contributed by atoms with Crippen molar-refractivity contribution in [3.05, 3.63) is 30.3 Å². The predicted molar refractivity (Wildman–Crippen MR) is 124 cm³/mol. The number of para-hydroxylation sites is 1. The molecule has 2 heterocycles. The standard InChI is InChI=1S/C23H38N6O/c1-4-24-23(29-18-16-27(17-19-29)20-10-6-5-7-11-20)25-13-9-15-28-14-8-12-21(28)22(30)26(2)3/h5-7,10-11,21H,4,8-9,12-19H2,1-3H3,(H,24,25). The number of likely N-dealkylation sites (tertiary alicyclic amines) is 1. The van der Waals surface area contributed by atoms with Gasteiger partial charge in [-0.25, -0.2) is 0 Å². The molecule has 1 atom stereocenters. The Morgan fingerprint density at radius 3 is 2.53 bits per heavy atom. The molecule has 0 aliphatic carbocycles. The zero-order valence-corrected chi connectivity index (χ0v) is 18.9. The first-order chi connectivity index (χ1) is 14.6. The summed E-state index contributed by atoms with van der Waals surface area (Å²) in [5.74, 6) is 1.26. The van der Waals surface area contributed by atoms with E-state index in [1.54, 1.807) is 4.90 Å². The molecule has 0 radical (unpaired) electrons. The first kappa shape index (κ1) is 22.4. The highest BCUT2D eigenvalue weighted by Crippen LogP contribution is 2.19. The molecule has 1 aromatic carbocycles. The van der Waals surface area contributed by atoms with Gasteiger partial charge in [0, 0.05) is 65.6 Å². The van der Waals surface area contributed by atoms with Gasteiger partial charge < -0.3 is 20.0 Å². The van der Waals surface area contributed by atoms with E-state index in [2.05, 4.69) is 57.3 Å². The minimum Gasteiger partial charge on any atom is -0.368 e. The number of carbonyl (C=O) groups excluding carboxylic acids is 1. The van der Waals surface area contributed by atoms with Gasteiger partial charge in [-0.05, 0) is 44.9 Å². The smallest absolute Gasteiger partial charge is 0.239 e. The number of hydrogen-bond donors (Lipinski definition) is 1. The Morgan fingerprint density at radius 2 is 1.87 bits per heavy atom. The van der Waals surface area contributed by atoms with Crippen molar-refractivity contribution in [1.29, 1.82) is 0 Å². The second-order valence-electron chi connectivity index (χ2n) is 8.33. The fourth-order valence-electron chi connectivity index (χ4n) is 4.37. The molecule has 1 unspecified atom stereocenters. The van der Waals surface area contributed by atoms with E-state index in [1.165, 1.54) is 5.69 Å². The van der Waals surface area contributed by atoms with Crippen LogP contribution in [0, 0.1) is 0 Å². The fraction of sp³-hybridized carbons (Fsp3) is 0.652.